The highest BCUT2D eigenvalue weighted by molar-refractivity contribution is 5.42. The van der Waals surface area contributed by atoms with Crippen LogP contribution in [0.5, 0.6) is 5.75 Å². The Bertz CT molecular complexity index is 470. The highest BCUT2D eigenvalue weighted by Crippen LogP contribution is 2.38. The van der Waals surface area contributed by atoms with Crippen LogP contribution in [0.2, 0.25) is 0 Å². The molecule has 3 heteroatoms. The molecular formula is C17H26N2O. The van der Waals surface area contributed by atoms with Gasteiger partial charge in [-0.15, -0.1) is 0 Å². The summed E-state index contributed by atoms with van der Waals surface area (Å²) in [4.78, 5) is 2.67. The standard InChI is InChI=1S/C17H26N2O/c1-4-19(11-12-5-6-12)16-9-13-7-8-14(20-3)10-15(13)17(16)18-2/h7-8,10,12,16-18H,4-6,9,11H2,1-3H3. The van der Waals surface area contributed by atoms with E-state index >= 15 is 0 Å². The first-order valence-corrected chi connectivity index (χ1v) is 7.85. The molecule has 2 atom stereocenters. The van der Waals surface area contributed by atoms with Crippen LogP contribution in [0.25, 0.3) is 0 Å². The number of ether oxygens (including phenoxy) is 1. The molecule has 0 aliphatic heterocycles. The maximum atomic E-state index is 5.39. The zero-order chi connectivity index (χ0) is 14.1. The van der Waals surface area contributed by atoms with E-state index in [2.05, 4.69) is 42.4 Å². The quantitative estimate of drug-likeness (QED) is 0.863. The van der Waals surface area contributed by atoms with Crippen molar-refractivity contribution in [2.75, 3.05) is 27.2 Å². The number of hydrogen-bond donors (Lipinski definition) is 1. The van der Waals surface area contributed by atoms with Gasteiger partial charge in [0, 0.05) is 18.6 Å². The van der Waals surface area contributed by atoms with Crippen LogP contribution < -0.4 is 10.1 Å². The van der Waals surface area contributed by atoms with Crippen molar-refractivity contribution in [2.24, 2.45) is 5.92 Å². The Morgan fingerprint density at radius 3 is 2.75 bits per heavy atom. The van der Waals surface area contributed by atoms with E-state index in [1.807, 2.05) is 0 Å². The molecule has 3 nitrogen and oxygen atoms in total. The summed E-state index contributed by atoms with van der Waals surface area (Å²) in [5.41, 5.74) is 2.90. The van der Waals surface area contributed by atoms with Gasteiger partial charge in [-0.3, -0.25) is 4.90 Å². The first-order valence-electron chi connectivity index (χ1n) is 7.85. The lowest BCUT2D eigenvalue weighted by Crippen LogP contribution is -2.43. The third-order valence-corrected chi connectivity index (χ3v) is 4.88. The number of methoxy groups -OCH3 is 1. The normalized spacial score (nSPS) is 25.0. The number of nitrogens with zero attached hydrogens (tertiary/aromatic N) is 1. The van der Waals surface area contributed by atoms with Crippen LogP contribution in [0.3, 0.4) is 0 Å². The Labute approximate surface area is 122 Å². The molecule has 20 heavy (non-hydrogen) atoms. The summed E-state index contributed by atoms with van der Waals surface area (Å²) in [6.45, 7) is 4.70. The summed E-state index contributed by atoms with van der Waals surface area (Å²) < 4.78 is 5.39. The minimum atomic E-state index is 0.429. The van der Waals surface area contributed by atoms with Gasteiger partial charge in [-0.25, -0.2) is 0 Å². The summed E-state index contributed by atoms with van der Waals surface area (Å²) >= 11 is 0. The first-order chi connectivity index (χ1) is 9.76. The Kier molecular flexibility index (Phi) is 3.99. The molecule has 2 aliphatic carbocycles. The van der Waals surface area contributed by atoms with Gasteiger partial charge >= 0.3 is 0 Å². The highest BCUT2D eigenvalue weighted by Gasteiger charge is 2.37. The Morgan fingerprint density at radius 2 is 2.15 bits per heavy atom. The van der Waals surface area contributed by atoms with Crippen LogP contribution >= 0.6 is 0 Å². The summed E-state index contributed by atoms with van der Waals surface area (Å²) in [5.74, 6) is 1.92. The number of likely N-dealkylation sites (N-methyl/N-ethyl adjacent to an activating group) is 2. The van der Waals surface area contributed by atoms with Crippen molar-refractivity contribution in [1.82, 2.24) is 10.2 Å². The van der Waals surface area contributed by atoms with E-state index in [1.54, 1.807) is 7.11 Å². The van der Waals surface area contributed by atoms with Crippen LogP contribution in [-0.2, 0) is 6.42 Å². The fourth-order valence-corrected chi connectivity index (χ4v) is 3.54. The molecule has 1 fully saturated rings. The molecule has 3 rings (SSSR count). The van der Waals surface area contributed by atoms with E-state index in [0.717, 1.165) is 24.6 Å². The molecule has 0 spiro atoms. The fourth-order valence-electron chi connectivity index (χ4n) is 3.54. The van der Waals surface area contributed by atoms with Gasteiger partial charge in [-0.2, -0.15) is 0 Å². The predicted octanol–water partition coefficient (Wildman–Crippen LogP) is 2.61. The molecule has 1 N–H and O–H groups in total. The van der Waals surface area contributed by atoms with E-state index in [-0.39, 0.29) is 0 Å². The SMILES string of the molecule is CCN(CC1CC1)C1Cc2ccc(OC)cc2C1NC. The molecule has 0 saturated heterocycles. The van der Waals surface area contributed by atoms with Crippen LogP contribution in [0.1, 0.15) is 36.9 Å². The molecule has 2 aliphatic rings. The summed E-state index contributed by atoms with van der Waals surface area (Å²) in [6.07, 6.45) is 4.01. The first kappa shape index (κ1) is 13.9. The van der Waals surface area contributed by atoms with Crippen LogP contribution in [0.15, 0.2) is 18.2 Å². The molecule has 0 radical (unpaired) electrons. The number of rotatable bonds is 6. The second-order valence-electron chi connectivity index (χ2n) is 6.13. The van der Waals surface area contributed by atoms with Gasteiger partial charge in [0.2, 0.25) is 0 Å². The van der Waals surface area contributed by atoms with Crippen molar-refractivity contribution >= 4 is 0 Å². The van der Waals surface area contributed by atoms with Gasteiger partial charge in [0.05, 0.1) is 7.11 Å². The summed E-state index contributed by atoms with van der Waals surface area (Å²) in [5, 5.41) is 3.53. The number of nitrogens with one attached hydrogen (secondary N) is 1. The van der Waals surface area contributed by atoms with Crippen molar-refractivity contribution in [3.63, 3.8) is 0 Å². The number of benzene rings is 1. The van der Waals surface area contributed by atoms with Crippen LogP contribution in [0.4, 0.5) is 0 Å². The van der Waals surface area contributed by atoms with Crippen molar-refractivity contribution in [3.8, 4) is 5.75 Å². The maximum absolute atomic E-state index is 5.39. The van der Waals surface area contributed by atoms with Crippen LogP contribution in [0, 0.1) is 5.92 Å². The number of hydrogen-bond acceptors (Lipinski definition) is 3. The second kappa shape index (κ2) is 5.74. The molecule has 2 unspecified atom stereocenters. The lowest BCUT2D eigenvalue weighted by Gasteiger charge is -2.32. The topological polar surface area (TPSA) is 24.5 Å². The molecule has 1 aromatic carbocycles. The van der Waals surface area contributed by atoms with E-state index in [9.17, 15) is 0 Å². The molecule has 0 aromatic heterocycles. The van der Waals surface area contributed by atoms with Crippen LogP contribution in [-0.4, -0.2) is 38.2 Å². The van der Waals surface area contributed by atoms with E-state index in [0.29, 0.717) is 12.1 Å². The predicted molar refractivity (Wildman–Crippen MR) is 82.3 cm³/mol. The lowest BCUT2D eigenvalue weighted by atomic mass is 10.1. The third kappa shape index (κ3) is 2.57. The van der Waals surface area contributed by atoms with Gasteiger partial charge in [0.1, 0.15) is 5.75 Å². The molecule has 110 valence electrons. The molecule has 1 aromatic rings. The zero-order valence-corrected chi connectivity index (χ0v) is 12.9. The molecule has 1 saturated carbocycles. The van der Waals surface area contributed by atoms with Gasteiger partial charge in [0.25, 0.3) is 0 Å². The molecule has 0 bridgehead atoms. The van der Waals surface area contributed by atoms with E-state index < -0.39 is 0 Å². The second-order valence-corrected chi connectivity index (χ2v) is 6.13. The Morgan fingerprint density at radius 1 is 1.35 bits per heavy atom. The van der Waals surface area contributed by atoms with Gasteiger partial charge in [0.15, 0.2) is 0 Å². The number of fused-ring (bicyclic) bond motifs is 1. The van der Waals surface area contributed by atoms with Crippen molar-refractivity contribution in [1.29, 1.82) is 0 Å². The van der Waals surface area contributed by atoms with Gasteiger partial charge in [-0.1, -0.05) is 13.0 Å². The maximum Gasteiger partial charge on any atom is 0.119 e. The smallest absolute Gasteiger partial charge is 0.119 e. The van der Waals surface area contributed by atoms with Crippen molar-refractivity contribution in [2.45, 2.75) is 38.3 Å². The van der Waals surface area contributed by atoms with E-state index in [4.69, 9.17) is 4.74 Å². The van der Waals surface area contributed by atoms with Crippen molar-refractivity contribution in [3.05, 3.63) is 29.3 Å². The zero-order valence-electron chi connectivity index (χ0n) is 12.9. The average molecular weight is 274 g/mol. The monoisotopic (exact) mass is 274 g/mol. The molecule has 0 amide bonds. The van der Waals surface area contributed by atoms with Crippen molar-refractivity contribution < 1.29 is 4.74 Å². The van der Waals surface area contributed by atoms with Gasteiger partial charge < -0.3 is 10.1 Å². The molecule has 0 heterocycles. The Hall–Kier alpha value is -1.06. The lowest BCUT2D eigenvalue weighted by molar-refractivity contribution is 0.170. The van der Waals surface area contributed by atoms with Gasteiger partial charge in [-0.05, 0) is 62.0 Å². The molecular weight excluding hydrogens is 248 g/mol. The Balaban J connectivity index is 1.82. The summed E-state index contributed by atoms with van der Waals surface area (Å²) in [7, 11) is 3.82. The largest absolute Gasteiger partial charge is 0.497 e. The summed E-state index contributed by atoms with van der Waals surface area (Å²) in [6, 6.07) is 7.56. The minimum absolute atomic E-state index is 0.429. The average Bonchev–Trinajstić information content (AvgIpc) is 3.23. The fraction of sp³-hybridized carbons (Fsp3) is 0.647. The third-order valence-electron chi connectivity index (χ3n) is 4.88. The highest BCUT2D eigenvalue weighted by atomic mass is 16.5. The minimum Gasteiger partial charge on any atom is -0.497 e. The van der Waals surface area contributed by atoms with E-state index in [1.165, 1.54) is 30.5 Å².